The Labute approximate surface area is 211 Å². The van der Waals surface area contributed by atoms with E-state index in [0.717, 1.165) is 39.0 Å². The van der Waals surface area contributed by atoms with Crippen LogP contribution < -0.4 is 10.4 Å². The number of aromatic nitrogens is 1. The molecule has 0 spiro atoms. The molecule has 0 saturated heterocycles. The molecule has 3 aromatic rings. The molecule has 2 unspecified atom stereocenters. The molecule has 0 saturated carbocycles. The highest BCUT2D eigenvalue weighted by Gasteiger charge is 2.47. The molecule has 182 valence electrons. The third kappa shape index (κ3) is 4.00. The molecule has 2 aliphatic rings. The van der Waals surface area contributed by atoms with E-state index in [9.17, 15) is 27.9 Å². The van der Waals surface area contributed by atoms with Gasteiger partial charge < -0.3 is 10.0 Å². The average molecular weight is 566 g/mol. The quantitative estimate of drug-likeness (QED) is 0.473. The third-order valence-electron chi connectivity index (χ3n) is 6.33. The highest BCUT2D eigenvalue weighted by atomic mass is 79.9. The molecule has 0 radical (unpaired) electrons. The van der Waals surface area contributed by atoms with E-state index in [4.69, 9.17) is 0 Å². The van der Waals surface area contributed by atoms with Crippen molar-refractivity contribution in [2.45, 2.75) is 35.8 Å². The van der Waals surface area contributed by atoms with Crippen molar-refractivity contribution in [3.05, 3.63) is 91.8 Å². The van der Waals surface area contributed by atoms with Gasteiger partial charge in [0.25, 0.3) is 5.91 Å². The summed E-state index contributed by atoms with van der Waals surface area (Å²) in [5.41, 5.74) is 1.34. The van der Waals surface area contributed by atoms with Gasteiger partial charge in [-0.25, -0.2) is 0 Å². The molecule has 35 heavy (non-hydrogen) atoms. The number of rotatable bonds is 2. The Bertz CT molecular complexity index is 1390. The highest BCUT2D eigenvalue weighted by Crippen LogP contribution is 2.44. The zero-order valence-corrected chi connectivity index (χ0v) is 20.7. The molecule has 1 amide bonds. The van der Waals surface area contributed by atoms with Crippen molar-refractivity contribution in [1.29, 1.82) is 0 Å². The van der Waals surface area contributed by atoms with Crippen molar-refractivity contribution in [3.63, 3.8) is 0 Å². The fourth-order valence-electron chi connectivity index (χ4n) is 4.48. The molecular weight excluding hydrogens is 547 g/mol. The summed E-state index contributed by atoms with van der Waals surface area (Å²) >= 11 is 5.11. The van der Waals surface area contributed by atoms with Gasteiger partial charge in [0.15, 0.2) is 11.4 Å². The molecule has 2 aromatic carbocycles. The number of pyridine rings is 1. The van der Waals surface area contributed by atoms with E-state index in [1.807, 2.05) is 42.5 Å². The number of fused-ring (bicyclic) bond motifs is 3. The summed E-state index contributed by atoms with van der Waals surface area (Å²) in [5.74, 6) is -1.30. The van der Waals surface area contributed by atoms with E-state index in [-0.39, 0.29) is 0 Å². The Morgan fingerprint density at radius 2 is 1.86 bits per heavy atom. The maximum absolute atomic E-state index is 13.8. The Hall–Kier alpha value is -2.92. The second kappa shape index (κ2) is 8.63. The monoisotopic (exact) mass is 565 g/mol. The zero-order chi connectivity index (χ0) is 25.1. The molecule has 3 heterocycles. The van der Waals surface area contributed by atoms with E-state index < -0.39 is 47.7 Å². The molecule has 6 nitrogen and oxygen atoms in total. The zero-order valence-electron chi connectivity index (χ0n) is 18.3. The summed E-state index contributed by atoms with van der Waals surface area (Å²) in [5, 5.41) is 12.1. The summed E-state index contributed by atoms with van der Waals surface area (Å²) < 4.78 is 43.5. The second-order valence-electron chi connectivity index (χ2n) is 8.37. The van der Waals surface area contributed by atoms with Crippen LogP contribution in [-0.4, -0.2) is 39.5 Å². The lowest BCUT2D eigenvalue weighted by Crippen LogP contribution is -2.60. The van der Waals surface area contributed by atoms with E-state index in [0.29, 0.717) is 10.7 Å². The van der Waals surface area contributed by atoms with E-state index in [1.54, 1.807) is 16.8 Å². The molecule has 0 bridgehead atoms. The molecule has 2 aliphatic heterocycles. The summed E-state index contributed by atoms with van der Waals surface area (Å²) in [6.45, 7) is 0.486. The fourth-order valence-corrected chi connectivity index (χ4v) is 5.97. The minimum atomic E-state index is -4.70. The molecule has 2 atom stereocenters. The second-order valence-corrected chi connectivity index (χ2v) is 10.3. The first-order valence-electron chi connectivity index (χ1n) is 10.7. The van der Waals surface area contributed by atoms with Crippen LogP contribution in [0.3, 0.4) is 0 Å². The number of carbonyl (C=O) groups excluding carboxylic acids is 1. The highest BCUT2D eigenvalue weighted by molar-refractivity contribution is 9.10. The summed E-state index contributed by atoms with van der Waals surface area (Å²) in [7, 11) is 0. The van der Waals surface area contributed by atoms with Crippen LogP contribution in [0.1, 0.15) is 40.1 Å². The molecule has 1 aromatic heterocycles. The van der Waals surface area contributed by atoms with Gasteiger partial charge in [0.05, 0.1) is 6.04 Å². The molecule has 0 aliphatic carbocycles. The van der Waals surface area contributed by atoms with Gasteiger partial charge in [-0.3, -0.25) is 19.3 Å². The minimum Gasteiger partial charge on any atom is -0.502 e. The maximum atomic E-state index is 13.8. The fraction of sp³-hybridized carbons (Fsp3) is 0.250. The van der Waals surface area contributed by atoms with Gasteiger partial charge in [0, 0.05) is 27.4 Å². The normalized spacial score (nSPS) is 18.4. The van der Waals surface area contributed by atoms with Crippen LogP contribution in [0.4, 0.5) is 13.2 Å². The molecule has 11 heteroatoms. The van der Waals surface area contributed by atoms with Gasteiger partial charge in [0.1, 0.15) is 12.7 Å². The standard InChI is InChI=1S/C24H19BrF3N3O3S/c1-13(24(26,27)28)29-12-31(30-9-8-18(32)22(33)21(30)23(29)34)20-16-7-6-15(25)10-14(16)11-35-19-5-3-2-4-17(19)20/h2-10,13,20,33H,11-12H2,1H3. The van der Waals surface area contributed by atoms with Crippen LogP contribution in [-0.2, 0) is 5.75 Å². The van der Waals surface area contributed by atoms with Crippen molar-refractivity contribution in [1.82, 2.24) is 9.58 Å². The first-order valence-corrected chi connectivity index (χ1v) is 12.4. The van der Waals surface area contributed by atoms with Gasteiger partial charge in [-0.1, -0.05) is 40.2 Å². The van der Waals surface area contributed by atoms with E-state index in [1.165, 1.54) is 10.9 Å². The number of halogens is 4. The Morgan fingerprint density at radius 3 is 2.60 bits per heavy atom. The Balaban J connectivity index is 1.78. The van der Waals surface area contributed by atoms with Gasteiger partial charge in [0.2, 0.25) is 5.43 Å². The summed E-state index contributed by atoms with van der Waals surface area (Å²) in [6.07, 6.45) is -3.38. The number of nitrogens with zero attached hydrogens (tertiary/aromatic N) is 3. The van der Waals surface area contributed by atoms with Crippen LogP contribution in [0.2, 0.25) is 0 Å². The lowest BCUT2D eigenvalue weighted by molar-refractivity contribution is -0.173. The number of carbonyl (C=O) groups is 1. The van der Waals surface area contributed by atoms with Crippen LogP contribution in [0, 0.1) is 0 Å². The van der Waals surface area contributed by atoms with Crippen molar-refractivity contribution in [3.8, 4) is 5.75 Å². The van der Waals surface area contributed by atoms with Crippen molar-refractivity contribution < 1.29 is 23.1 Å². The van der Waals surface area contributed by atoms with Gasteiger partial charge in [-0.15, -0.1) is 11.8 Å². The van der Waals surface area contributed by atoms with Crippen LogP contribution in [0.25, 0.3) is 0 Å². The largest absolute Gasteiger partial charge is 0.502 e. The lowest BCUT2D eigenvalue weighted by Gasteiger charge is -2.46. The number of alkyl halides is 3. The number of aromatic hydroxyl groups is 1. The minimum absolute atomic E-state index is 0.409. The molecule has 1 N–H and O–H groups in total. The number of thioether (sulfide) groups is 1. The van der Waals surface area contributed by atoms with E-state index >= 15 is 0 Å². The third-order valence-corrected chi connectivity index (χ3v) is 7.96. The number of amides is 1. The first kappa shape index (κ1) is 23.8. The summed E-state index contributed by atoms with van der Waals surface area (Å²) in [4.78, 5) is 27.0. The van der Waals surface area contributed by atoms with Gasteiger partial charge in [-0.05, 0) is 41.8 Å². The number of benzene rings is 2. The molecular formula is C24H19BrF3N3O3S. The van der Waals surface area contributed by atoms with Gasteiger partial charge in [-0.2, -0.15) is 13.2 Å². The van der Waals surface area contributed by atoms with Crippen molar-refractivity contribution >= 4 is 33.6 Å². The topological polar surface area (TPSA) is 65.8 Å². The SMILES string of the molecule is CC(N1CN(C2c3ccc(Br)cc3CSc3ccccc32)n2ccc(=O)c(O)c2C1=O)C(F)(F)F. The van der Waals surface area contributed by atoms with Crippen LogP contribution in [0.15, 0.2) is 68.9 Å². The smallest absolute Gasteiger partial charge is 0.408 e. The molecule has 0 fully saturated rings. The predicted octanol–water partition coefficient (Wildman–Crippen LogP) is 5.01. The van der Waals surface area contributed by atoms with Crippen LogP contribution in [0.5, 0.6) is 5.75 Å². The van der Waals surface area contributed by atoms with Crippen LogP contribution >= 0.6 is 27.7 Å². The maximum Gasteiger partial charge on any atom is 0.408 e. The number of hydrogen-bond acceptors (Lipinski definition) is 5. The van der Waals surface area contributed by atoms with E-state index in [2.05, 4.69) is 15.9 Å². The lowest BCUT2D eigenvalue weighted by atomic mass is 9.94. The van der Waals surface area contributed by atoms with Crippen molar-refractivity contribution in [2.75, 3.05) is 11.7 Å². The van der Waals surface area contributed by atoms with Crippen molar-refractivity contribution in [2.24, 2.45) is 0 Å². The Morgan fingerprint density at radius 1 is 1.11 bits per heavy atom. The average Bonchev–Trinajstić information content (AvgIpc) is 2.97. The number of hydrogen-bond donors (Lipinski definition) is 1. The predicted molar refractivity (Wildman–Crippen MR) is 129 cm³/mol. The molecule has 5 rings (SSSR count). The summed E-state index contributed by atoms with van der Waals surface area (Å²) in [6, 6.07) is 11.7. The van der Waals surface area contributed by atoms with Gasteiger partial charge >= 0.3 is 6.18 Å². The Kier molecular flexibility index (Phi) is 5.87. The first-order chi connectivity index (χ1) is 16.6.